The van der Waals surface area contributed by atoms with Gasteiger partial charge in [-0.3, -0.25) is 4.79 Å². The Kier molecular flexibility index (Phi) is 9.19. The van der Waals surface area contributed by atoms with Crippen LogP contribution in [0.5, 0.6) is 0 Å². The summed E-state index contributed by atoms with van der Waals surface area (Å²) >= 11 is 0. The lowest BCUT2D eigenvalue weighted by Crippen LogP contribution is -2.15. The Morgan fingerprint density at radius 2 is 1.21 bits per heavy atom. The van der Waals surface area contributed by atoms with Gasteiger partial charge >= 0.3 is 5.97 Å². The second-order valence-electron chi connectivity index (χ2n) is 6.94. The van der Waals surface area contributed by atoms with Crippen molar-refractivity contribution in [1.29, 1.82) is 0 Å². The number of cyclic esters (lactones) is 1. The topological polar surface area (TPSA) is 72.5 Å². The van der Waals surface area contributed by atoms with E-state index in [1.54, 1.807) is 0 Å². The molecule has 1 aromatic carbocycles. The average Bonchev–Trinajstić information content (AvgIpc) is 3.49. The highest BCUT2D eigenvalue weighted by Gasteiger charge is 2.44. The van der Waals surface area contributed by atoms with Gasteiger partial charge in [-0.15, -0.1) is 0 Å². The third-order valence-corrected chi connectivity index (χ3v) is 4.79. The summed E-state index contributed by atoms with van der Waals surface area (Å²) in [6, 6.07) is 7.85. The van der Waals surface area contributed by atoms with Crippen molar-refractivity contribution in [3.8, 4) is 0 Å². The first-order chi connectivity index (χ1) is 13.8. The molecule has 0 bridgehead atoms. The molecule has 3 rings (SSSR count). The molecule has 0 amide bonds. The molecule has 1 heterocycles. The number of hydrogen-bond acceptors (Lipinski definition) is 7. The van der Waals surface area contributed by atoms with Crippen molar-refractivity contribution in [3.63, 3.8) is 0 Å². The summed E-state index contributed by atoms with van der Waals surface area (Å²) in [5, 5.41) is 0. The molecule has 0 saturated heterocycles. The SMILES string of the molecule is O=C1OCc2ccccc2COCCOCCOCCOCCOCC2CC12. The molecule has 2 unspecified atom stereocenters. The van der Waals surface area contributed by atoms with Crippen LogP contribution in [-0.2, 0) is 46.4 Å². The van der Waals surface area contributed by atoms with Crippen LogP contribution in [0.2, 0.25) is 0 Å². The zero-order chi connectivity index (χ0) is 19.4. The van der Waals surface area contributed by atoms with Gasteiger partial charge in [-0.05, 0) is 23.5 Å². The molecule has 1 saturated carbocycles. The lowest BCUT2D eigenvalue weighted by atomic mass is 10.1. The van der Waals surface area contributed by atoms with E-state index in [0.717, 1.165) is 17.5 Å². The van der Waals surface area contributed by atoms with E-state index in [9.17, 15) is 4.79 Å². The Bertz CT molecular complexity index is 592. The summed E-state index contributed by atoms with van der Waals surface area (Å²) < 4.78 is 33.2. The van der Waals surface area contributed by atoms with Gasteiger partial charge in [0.15, 0.2) is 0 Å². The molecule has 7 heteroatoms. The third-order valence-electron chi connectivity index (χ3n) is 4.79. The molecule has 1 aromatic rings. The molecule has 7 nitrogen and oxygen atoms in total. The van der Waals surface area contributed by atoms with Crippen LogP contribution in [0.1, 0.15) is 17.5 Å². The quantitative estimate of drug-likeness (QED) is 0.623. The summed E-state index contributed by atoms with van der Waals surface area (Å²) in [6.45, 7) is 5.50. The van der Waals surface area contributed by atoms with Crippen LogP contribution < -0.4 is 0 Å². The molecule has 2 aliphatic rings. The standard InChI is InChI=1S/C21H30O7/c22-21-20-13-19(20)15-27-12-10-25-8-6-23-5-7-24-9-11-26-14-17-3-1-2-4-18(17)16-28-21/h1-4,19-20H,5-16H2. The predicted octanol–water partition coefficient (Wildman–Crippen LogP) is 1.96. The largest absolute Gasteiger partial charge is 0.461 e. The van der Waals surface area contributed by atoms with Crippen molar-refractivity contribution in [2.75, 3.05) is 59.5 Å². The fraction of sp³-hybridized carbons (Fsp3) is 0.667. The highest BCUT2D eigenvalue weighted by atomic mass is 16.6. The Morgan fingerprint density at radius 3 is 1.86 bits per heavy atom. The zero-order valence-electron chi connectivity index (χ0n) is 16.3. The summed E-state index contributed by atoms with van der Waals surface area (Å²) in [5.74, 6) is 0.0632. The molecule has 1 aliphatic carbocycles. The smallest absolute Gasteiger partial charge is 0.309 e. The maximum Gasteiger partial charge on any atom is 0.309 e. The first-order valence-corrected chi connectivity index (χ1v) is 9.96. The number of hydrogen-bond donors (Lipinski definition) is 0. The zero-order valence-corrected chi connectivity index (χ0v) is 16.3. The van der Waals surface area contributed by atoms with E-state index in [0.29, 0.717) is 66.1 Å². The normalized spacial score (nSPS) is 26.6. The number of benzene rings is 1. The van der Waals surface area contributed by atoms with Gasteiger partial charge in [0.05, 0.1) is 72.0 Å². The highest BCUT2D eigenvalue weighted by Crippen LogP contribution is 2.39. The van der Waals surface area contributed by atoms with Gasteiger partial charge in [0.1, 0.15) is 6.61 Å². The van der Waals surface area contributed by atoms with Crippen LogP contribution in [0, 0.1) is 11.8 Å². The van der Waals surface area contributed by atoms with Gasteiger partial charge in [-0.25, -0.2) is 0 Å². The summed E-state index contributed by atoms with van der Waals surface area (Å²) in [7, 11) is 0. The van der Waals surface area contributed by atoms with E-state index in [1.165, 1.54) is 0 Å². The van der Waals surface area contributed by atoms with Crippen LogP contribution >= 0.6 is 0 Å². The van der Waals surface area contributed by atoms with Crippen LogP contribution in [0.4, 0.5) is 0 Å². The Labute approximate surface area is 166 Å². The van der Waals surface area contributed by atoms with Crippen molar-refractivity contribution >= 4 is 5.97 Å². The molecule has 156 valence electrons. The summed E-state index contributed by atoms with van der Waals surface area (Å²) in [6.07, 6.45) is 0.832. The average molecular weight is 394 g/mol. The first kappa shape index (κ1) is 21.2. The molecule has 1 fully saturated rings. The van der Waals surface area contributed by atoms with Crippen molar-refractivity contribution in [2.45, 2.75) is 19.6 Å². The fourth-order valence-corrected chi connectivity index (χ4v) is 3.01. The van der Waals surface area contributed by atoms with Crippen LogP contribution in [-0.4, -0.2) is 65.4 Å². The van der Waals surface area contributed by atoms with Gasteiger partial charge in [-0.1, -0.05) is 24.3 Å². The molecule has 1 aliphatic heterocycles. The minimum absolute atomic E-state index is 0.0484. The Balaban J connectivity index is 1.47. The van der Waals surface area contributed by atoms with E-state index < -0.39 is 0 Å². The number of fused-ring (bicyclic) bond motifs is 2. The van der Waals surface area contributed by atoms with Crippen LogP contribution in [0.15, 0.2) is 24.3 Å². The van der Waals surface area contributed by atoms with Gasteiger partial charge in [0.25, 0.3) is 0 Å². The maximum absolute atomic E-state index is 12.2. The van der Waals surface area contributed by atoms with E-state index in [4.69, 9.17) is 28.4 Å². The van der Waals surface area contributed by atoms with Crippen LogP contribution in [0.25, 0.3) is 0 Å². The number of carbonyl (C=O) groups excluding carboxylic acids is 1. The van der Waals surface area contributed by atoms with E-state index in [1.807, 2.05) is 24.3 Å². The summed E-state index contributed by atoms with van der Waals surface area (Å²) in [4.78, 5) is 12.2. The second-order valence-corrected chi connectivity index (χ2v) is 6.94. The monoisotopic (exact) mass is 394 g/mol. The molecular formula is C21H30O7. The number of ether oxygens (including phenoxy) is 6. The number of carbonyl (C=O) groups is 1. The fourth-order valence-electron chi connectivity index (χ4n) is 3.01. The molecule has 2 atom stereocenters. The van der Waals surface area contributed by atoms with Gasteiger partial charge in [0, 0.05) is 0 Å². The second kappa shape index (κ2) is 12.1. The van der Waals surface area contributed by atoms with Gasteiger partial charge < -0.3 is 28.4 Å². The first-order valence-electron chi connectivity index (χ1n) is 9.96. The van der Waals surface area contributed by atoms with E-state index in [2.05, 4.69) is 0 Å². The van der Waals surface area contributed by atoms with Crippen LogP contribution in [0.3, 0.4) is 0 Å². The summed E-state index contributed by atoms with van der Waals surface area (Å²) in [5.41, 5.74) is 1.99. The van der Waals surface area contributed by atoms with Gasteiger partial charge in [-0.2, -0.15) is 0 Å². The molecule has 0 spiro atoms. The third kappa shape index (κ3) is 7.48. The lowest BCUT2D eigenvalue weighted by Gasteiger charge is -2.12. The molecule has 0 radical (unpaired) electrons. The number of rotatable bonds is 0. The lowest BCUT2D eigenvalue weighted by molar-refractivity contribution is -0.147. The highest BCUT2D eigenvalue weighted by molar-refractivity contribution is 5.75. The van der Waals surface area contributed by atoms with Crippen molar-refractivity contribution < 1.29 is 33.2 Å². The van der Waals surface area contributed by atoms with Gasteiger partial charge in [0.2, 0.25) is 0 Å². The Morgan fingerprint density at radius 1 is 0.679 bits per heavy atom. The van der Waals surface area contributed by atoms with E-state index >= 15 is 0 Å². The minimum Gasteiger partial charge on any atom is -0.461 e. The molecule has 0 N–H and O–H groups in total. The molecule has 28 heavy (non-hydrogen) atoms. The van der Waals surface area contributed by atoms with Crippen molar-refractivity contribution in [2.24, 2.45) is 11.8 Å². The minimum atomic E-state index is -0.145. The Hall–Kier alpha value is -1.51. The maximum atomic E-state index is 12.2. The van der Waals surface area contributed by atoms with E-state index in [-0.39, 0.29) is 24.4 Å². The molecular weight excluding hydrogens is 364 g/mol. The van der Waals surface area contributed by atoms with Crippen molar-refractivity contribution in [3.05, 3.63) is 35.4 Å². The number of esters is 1. The molecule has 0 aromatic heterocycles. The van der Waals surface area contributed by atoms with Crippen molar-refractivity contribution in [1.82, 2.24) is 0 Å². The predicted molar refractivity (Wildman–Crippen MR) is 101 cm³/mol.